The van der Waals surface area contributed by atoms with Gasteiger partial charge in [0, 0.05) is 18.0 Å². The molecule has 1 aliphatic rings. The quantitative estimate of drug-likeness (QED) is 0.577. The zero-order chi connectivity index (χ0) is 21.5. The Hall–Kier alpha value is -2.55. The van der Waals surface area contributed by atoms with E-state index in [0.29, 0.717) is 10.7 Å². The number of hydrogen-bond acceptors (Lipinski definition) is 6. The van der Waals surface area contributed by atoms with Crippen molar-refractivity contribution in [2.75, 3.05) is 4.72 Å². The van der Waals surface area contributed by atoms with E-state index in [1.165, 1.54) is 6.33 Å². The molecule has 9 heteroatoms. The number of halogens is 1. The molecule has 0 amide bonds. The molecule has 0 aliphatic carbocycles. The fraction of sp³-hybridized carbons (Fsp3) is 0.286. The highest BCUT2D eigenvalue weighted by molar-refractivity contribution is 7.92. The van der Waals surface area contributed by atoms with E-state index in [2.05, 4.69) is 45.8 Å². The molecule has 30 heavy (non-hydrogen) atoms. The monoisotopic (exact) mass is 443 g/mol. The number of anilines is 1. The number of rotatable bonds is 5. The summed E-state index contributed by atoms with van der Waals surface area (Å²) in [6.07, 6.45) is 4.92. The Morgan fingerprint density at radius 2 is 1.67 bits per heavy atom. The second kappa shape index (κ2) is 7.61. The highest BCUT2D eigenvalue weighted by Crippen LogP contribution is 2.43. The molecule has 2 aromatic heterocycles. The summed E-state index contributed by atoms with van der Waals surface area (Å²) in [5.41, 5.74) is 2.50. The van der Waals surface area contributed by atoms with Crippen LogP contribution in [0.15, 0.2) is 60.0 Å². The largest absolute Gasteiger partial charge is 0.298 e. The van der Waals surface area contributed by atoms with Gasteiger partial charge in [0.2, 0.25) is 0 Å². The third-order valence-electron chi connectivity index (χ3n) is 4.96. The van der Waals surface area contributed by atoms with Gasteiger partial charge in [0.15, 0.2) is 0 Å². The van der Waals surface area contributed by atoms with Crippen molar-refractivity contribution in [3.05, 3.63) is 77.0 Å². The van der Waals surface area contributed by atoms with Crippen LogP contribution in [0.2, 0.25) is 5.02 Å². The maximum atomic E-state index is 12.8. The summed E-state index contributed by atoms with van der Waals surface area (Å²) in [5.74, 6) is 0.214. The SMILES string of the molecule is CC(C)(C)c1ccc(S(=O)(=O)Nc2ccc(Cl)c(C3NC3c3cncnc3)n2)cc1. The Labute approximate surface area is 181 Å². The number of benzene rings is 1. The van der Waals surface area contributed by atoms with Crippen molar-refractivity contribution in [2.24, 2.45) is 0 Å². The molecule has 3 heterocycles. The van der Waals surface area contributed by atoms with Crippen LogP contribution in [0.25, 0.3) is 0 Å². The summed E-state index contributed by atoms with van der Waals surface area (Å²) in [4.78, 5) is 12.7. The second-order valence-corrected chi connectivity index (χ2v) is 10.3. The summed E-state index contributed by atoms with van der Waals surface area (Å²) in [6, 6.07) is 9.93. The van der Waals surface area contributed by atoms with E-state index in [-0.39, 0.29) is 28.2 Å². The van der Waals surface area contributed by atoms with E-state index in [4.69, 9.17) is 11.6 Å². The minimum Gasteiger partial charge on any atom is -0.298 e. The molecule has 2 unspecified atom stereocenters. The number of nitrogens with zero attached hydrogens (tertiary/aromatic N) is 3. The predicted octanol–water partition coefficient (Wildman–Crippen LogP) is 4.01. The van der Waals surface area contributed by atoms with E-state index in [9.17, 15) is 8.42 Å². The summed E-state index contributed by atoms with van der Waals surface area (Å²) < 4.78 is 28.2. The molecule has 0 spiro atoms. The van der Waals surface area contributed by atoms with Crippen molar-refractivity contribution >= 4 is 27.4 Å². The molecular formula is C21H22ClN5O2S. The van der Waals surface area contributed by atoms with Gasteiger partial charge < -0.3 is 0 Å². The van der Waals surface area contributed by atoms with E-state index in [0.717, 1.165) is 11.1 Å². The first kappa shape index (κ1) is 20.7. The van der Waals surface area contributed by atoms with Crippen LogP contribution in [-0.2, 0) is 15.4 Å². The van der Waals surface area contributed by atoms with Gasteiger partial charge in [-0.05, 0) is 35.2 Å². The second-order valence-electron chi connectivity index (χ2n) is 8.24. The minimum atomic E-state index is -3.77. The van der Waals surface area contributed by atoms with Crippen molar-refractivity contribution in [3.63, 3.8) is 0 Å². The first-order chi connectivity index (χ1) is 14.1. The lowest BCUT2D eigenvalue weighted by molar-refractivity contribution is 0.587. The fourth-order valence-electron chi connectivity index (χ4n) is 3.20. The van der Waals surface area contributed by atoms with Crippen LogP contribution in [0, 0.1) is 0 Å². The van der Waals surface area contributed by atoms with Gasteiger partial charge in [-0.3, -0.25) is 10.0 Å². The number of aromatic nitrogens is 3. The molecule has 1 fully saturated rings. The van der Waals surface area contributed by atoms with Crippen LogP contribution in [0.3, 0.4) is 0 Å². The topological polar surface area (TPSA) is 107 Å². The Morgan fingerprint density at radius 1 is 1.00 bits per heavy atom. The third-order valence-corrected chi connectivity index (χ3v) is 6.65. The van der Waals surface area contributed by atoms with Gasteiger partial charge in [0.05, 0.1) is 27.7 Å². The molecule has 0 saturated carbocycles. The molecule has 2 N–H and O–H groups in total. The van der Waals surface area contributed by atoms with Gasteiger partial charge in [0.25, 0.3) is 10.0 Å². The van der Waals surface area contributed by atoms with Crippen molar-refractivity contribution in [1.29, 1.82) is 0 Å². The minimum absolute atomic E-state index is 0.00648. The number of sulfonamides is 1. The molecular weight excluding hydrogens is 422 g/mol. The van der Waals surface area contributed by atoms with Crippen molar-refractivity contribution in [1.82, 2.24) is 20.3 Å². The maximum Gasteiger partial charge on any atom is 0.263 e. The molecule has 7 nitrogen and oxygen atoms in total. The first-order valence-electron chi connectivity index (χ1n) is 9.46. The van der Waals surface area contributed by atoms with E-state index in [1.54, 1.807) is 36.7 Å². The average molecular weight is 444 g/mol. The van der Waals surface area contributed by atoms with Crippen LogP contribution in [0.4, 0.5) is 5.82 Å². The number of hydrogen-bond donors (Lipinski definition) is 2. The molecule has 0 radical (unpaired) electrons. The summed E-state index contributed by atoms with van der Waals surface area (Å²) in [7, 11) is -3.77. The van der Waals surface area contributed by atoms with E-state index < -0.39 is 10.0 Å². The Morgan fingerprint density at radius 3 is 2.30 bits per heavy atom. The number of pyridine rings is 1. The van der Waals surface area contributed by atoms with Gasteiger partial charge in [-0.25, -0.2) is 23.4 Å². The van der Waals surface area contributed by atoms with Gasteiger partial charge >= 0.3 is 0 Å². The van der Waals surface area contributed by atoms with Crippen LogP contribution in [0.5, 0.6) is 0 Å². The van der Waals surface area contributed by atoms with Crippen LogP contribution in [-0.4, -0.2) is 23.4 Å². The average Bonchev–Trinajstić information content (AvgIpc) is 3.50. The molecule has 3 aromatic rings. The molecule has 1 aromatic carbocycles. The van der Waals surface area contributed by atoms with Crippen molar-refractivity contribution < 1.29 is 8.42 Å². The zero-order valence-corrected chi connectivity index (χ0v) is 18.4. The van der Waals surface area contributed by atoms with Gasteiger partial charge in [-0.1, -0.05) is 44.5 Å². The predicted molar refractivity (Wildman–Crippen MR) is 116 cm³/mol. The number of nitrogens with one attached hydrogen (secondary N) is 2. The zero-order valence-electron chi connectivity index (χ0n) is 16.8. The lowest BCUT2D eigenvalue weighted by Crippen LogP contribution is -2.16. The van der Waals surface area contributed by atoms with Crippen molar-refractivity contribution in [3.8, 4) is 0 Å². The first-order valence-corrected chi connectivity index (χ1v) is 11.3. The lowest BCUT2D eigenvalue weighted by Gasteiger charge is -2.19. The highest BCUT2D eigenvalue weighted by Gasteiger charge is 2.41. The van der Waals surface area contributed by atoms with Gasteiger partial charge in [-0.2, -0.15) is 0 Å². The van der Waals surface area contributed by atoms with Crippen LogP contribution in [0.1, 0.15) is 49.7 Å². The Kier molecular flexibility index (Phi) is 5.25. The van der Waals surface area contributed by atoms with Crippen molar-refractivity contribution in [2.45, 2.75) is 43.2 Å². The Balaban J connectivity index is 1.55. The highest BCUT2D eigenvalue weighted by atomic mass is 35.5. The van der Waals surface area contributed by atoms with E-state index >= 15 is 0 Å². The molecule has 1 aliphatic heterocycles. The molecule has 4 rings (SSSR count). The standard InChI is InChI=1S/C21H22ClN5O2S/c1-21(2,3)14-4-6-15(7-5-14)30(28,29)27-17-9-8-16(22)19(25-17)20-18(26-20)13-10-23-12-24-11-13/h4-12,18,20,26H,1-3H3,(H,25,27). The molecule has 0 bridgehead atoms. The summed E-state index contributed by atoms with van der Waals surface area (Å²) >= 11 is 6.32. The summed E-state index contributed by atoms with van der Waals surface area (Å²) in [5, 5.41) is 3.74. The molecule has 1 saturated heterocycles. The maximum absolute atomic E-state index is 12.8. The van der Waals surface area contributed by atoms with Gasteiger partial charge in [0.1, 0.15) is 12.1 Å². The smallest absolute Gasteiger partial charge is 0.263 e. The lowest BCUT2D eigenvalue weighted by atomic mass is 9.87. The van der Waals surface area contributed by atoms with Gasteiger partial charge in [-0.15, -0.1) is 0 Å². The molecule has 2 atom stereocenters. The Bertz CT molecular complexity index is 1160. The molecule has 156 valence electrons. The fourth-order valence-corrected chi connectivity index (χ4v) is 4.42. The summed E-state index contributed by atoms with van der Waals surface area (Å²) in [6.45, 7) is 6.23. The normalized spacial score (nSPS) is 18.8. The van der Waals surface area contributed by atoms with E-state index in [1.807, 2.05) is 12.1 Å². The third kappa shape index (κ3) is 4.30. The van der Waals surface area contributed by atoms with Crippen LogP contribution < -0.4 is 10.0 Å². The van der Waals surface area contributed by atoms with Crippen LogP contribution >= 0.6 is 11.6 Å².